The fraction of sp³-hybridized carbons (Fsp3) is 0. The van der Waals surface area contributed by atoms with Gasteiger partial charge in [0.2, 0.25) is 0 Å². The lowest BCUT2D eigenvalue weighted by molar-refractivity contribution is 1.19. The Morgan fingerprint density at radius 1 is 0.469 bits per heavy atom. The first-order chi connectivity index (χ1) is 24.3. The Balaban J connectivity index is 1.22. The normalized spacial score (nSPS) is 11.7. The van der Waals surface area contributed by atoms with Gasteiger partial charge in [0.25, 0.3) is 0 Å². The van der Waals surface area contributed by atoms with Gasteiger partial charge in [0, 0.05) is 59.0 Å². The second-order valence-electron chi connectivity index (χ2n) is 12.5. The van der Waals surface area contributed by atoms with E-state index in [0.717, 1.165) is 11.4 Å². The van der Waals surface area contributed by atoms with E-state index in [1.165, 1.54) is 75.3 Å². The first-order valence-corrected chi connectivity index (χ1v) is 17.5. The number of benzene rings is 8. The van der Waals surface area contributed by atoms with Crippen LogP contribution in [0.25, 0.3) is 69.6 Å². The van der Waals surface area contributed by atoms with E-state index < -0.39 is 0 Å². The Kier molecular flexibility index (Phi) is 6.39. The predicted molar refractivity (Wildman–Crippen MR) is 211 cm³/mol. The Hall–Kier alpha value is -6.16. The largest absolute Gasteiger partial charge is 0.310 e. The summed E-state index contributed by atoms with van der Waals surface area (Å²) in [6.07, 6.45) is 0. The van der Waals surface area contributed by atoms with Gasteiger partial charge in [-0.25, -0.2) is 0 Å². The van der Waals surface area contributed by atoms with Crippen LogP contribution in [0.3, 0.4) is 0 Å². The highest BCUT2D eigenvalue weighted by Crippen LogP contribution is 2.48. The first-order valence-electron chi connectivity index (χ1n) is 16.7. The van der Waals surface area contributed by atoms with Crippen molar-refractivity contribution < 1.29 is 0 Å². The van der Waals surface area contributed by atoms with Crippen molar-refractivity contribution in [3.8, 4) is 16.8 Å². The fourth-order valence-electron chi connectivity index (χ4n) is 7.59. The summed E-state index contributed by atoms with van der Waals surface area (Å²) < 4.78 is 5.08. The maximum atomic E-state index is 2.46. The van der Waals surface area contributed by atoms with Gasteiger partial charge in [-0.1, -0.05) is 121 Å². The number of fused-ring (bicyclic) bond motifs is 8. The molecule has 0 aliphatic rings. The average molecular weight is 643 g/mol. The maximum Gasteiger partial charge on any atom is 0.0634 e. The summed E-state index contributed by atoms with van der Waals surface area (Å²) in [5.41, 5.74) is 9.57. The number of hydrogen-bond donors (Lipinski definition) is 0. The molecule has 0 saturated carbocycles. The molecule has 10 rings (SSSR count). The topological polar surface area (TPSA) is 8.17 Å². The summed E-state index contributed by atoms with van der Waals surface area (Å²) in [6.45, 7) is 0. The molecule has 0 aliphatic carbocycles. The van der Waals surface area contributed by atoms with Gasteiger partial charge in [-0.3, -0.25) is 0 Å². The molecule has 0 spiro atoms. The molecule has 2 nitrogen and oxygen atoms in total. The molecule has 0 saturated heterocycles. The van der Waals surface area contributed by atoms with Crippen LogP contribution < -0.4 is 4.90 Å². The van der Waals surface area contributed by atoms with E-state index in [0.29, 0.717) is 0 Å². The quantitative estimate of drug-likeness (QED) is 0.181. The van der Waals surface area contributed by atoms with Gasteiger partial charge in [-0.15, -0.1) is 11.3 Å². The minimum absolute atomic E-state index is 1.13. The van der Waals surface area contributed by atoms with Crippen molar-refractivity contribution in [2.24, 2.45) is 0 Å². The van der Waals surface area contributed by atoms with Crippen LogP contribution in [0, 0.1) is 0 Å². The third-order valence-corrected chi connectivity index (χ3v) is 11.0. The summed E-state index contributed by atoms with van der Waals surface area (Å²) in [6, 6.07) is 66.0. The van der Waals surface area contributed by atoms with E-state index in [1.807, 2.05) is 11.3 Å². The first kappa shape index (κ1) is 27.9. The van der Waals surface area contributed by atoms with Crippen LogP contribution in [0.4, 0.5) is 17.1 Å². The zero-order chi connectivity index (χ0) is 32.3. The summed E-state index contributed by atoms with van der Waals surface area (Å²) in [5, 5.41) is 7.62. The van der Waals surface area contributed by atoms with Crippen molar-refractivity contribution in [1.82, 2.24) is 4.57 Å². The highest BCUT2D eigenvalue weighted by atomic mass is 32.1. The number of anilines is 3. The molecule has 0 radical (unpaired) electrons. The minimum Gasteiger partial charge on any atom is -0.310 e. The molecule has 0 atom stereocenters. The average Bonchev–Trinajstić information content (AvgIpc) is 3.72. The number of hydrogen-bond acceptors (Lipinski definition) is 2. The second-order valence-corrected chi connectivity index (χ2v) is 13.6. The number of thiophene rings is 1. The molecule has 0 fully saturated rings. The summed E-state index contributed by atoms with van der Waals surface area (Å²) in [5.74, 6) is 0. The molecule has 2 aromatic heterocycles. The highest BCUT2D eigenvalue weighted by molar-refractivity contribution is 7.26. The Bertz CT molecular complexity index is 2810. The second kappa shape index (κ2) is 11.2. The Morgan fingerprint density at radius 3 is 1.92 bits per heavy atom. The molecule has 0 unspecified atom stereocenters. The van der Waals surface area contributed by atoms with Crippen molar-refractivity contribution in [1.29, 1.82) is 0 Å². The maximum absolute atomic E-state index is 2.46. The van der Waals surface area contributed by atoms with Crippen molar-refractivity contribution in [2.75, 3.05) is 4.90 Å². The van der Waals surface area contributed by atoms with Crippen molar-refractivity contribution >= 4 is 81.1 Å². The number of nitrogens with zero attached hydrogens (tertiary/aromatic N) is 2. The number of aromatic nitrogens is 1. The van der Waals surface area contributed by atoms with Crippen LogP contribution >= 0.6 is 11.3 Å². The predicted octanol–water partition coefficient (Wildman–Crippen LogP) is 13.4. The van der Waals surface area contributed by atoms with Crippen LogP contribution in [0.15, 0.2) is 182 Å². The van der Waals surface area contributed by atoms with E-state index in [4.69, 9.17) is 0 Å². The SMILES string of the molecule is c1ccc(N(c2ccc(-c3cc4c5ccccc5n(-c5ccccc5)c4c4c3sc3ccccc34)cc2)c2cccc3ccccc23)cc1. The molecule has 0 bridgehead atoms. The Labute approximate surface area is 288 Å². The molecular weight excluding hydrogens is 613 g/mol. The van der Waals surface area contributed by atoms with Gasteiger partial charge >= 0.3 is 0 Å². The van der Waals surface area contributed by atoms with E-state index in [1.54, 1.807) is 0 Å². The standard InChI is InChI=1S/C46H30N2S/c1-3-16-33(17-4-1)47(41-24-13-15-31-14-7-8-20-36(31)41)35-28-26-32(27-29-35)39-30-40-37-21-9-11-23-42(37)48(34-18-5-2-6-19-34)45(40)44-38-22-10-12-25-43(38)49-46(39)44/h1-30H. The zero-order valence-electron chi connectivity index (χ0n) is 26.6. The molecule has 230 valence electrons. The lowest BCUT2D eigenvalue weighted by atomic mass is 9.98. The van der Waals surface area contributed by atoms with Gasteiger partial charge < -0.3 is 9.47 Å². The fourth-order valence-corrected chi connectivity index (χ4v) is 8.84. The van der Waals surface area contributed by atoms with Crippen LogP contribution in [0.5, 0.6) is 0 Å². The summed E-state index contributed by atoms with van der Waals surface area (Å²) >= 11 is 1.89. The van der Waals surface area contributed by atoms with Crippen LogP contribution in [-0.4, -0.2) is 4.57 Å². The van der Waals surface area contributed by atoms with Gasteiger partial charge in [0.15, 0.2) is 0 Å². The van der Waals surface area contributed by atoms with Gasteiger partial charge in [0.1, 0.15) is 0 Å². The van der Waals surface area contributed by atoms with E-state index in [2.05, 4.69) is 191 Å². The summed E-state index contributed by atoms with van der Waals surface area (Å²) in [7, 11) is 0. The van der Waals surface area contributed by atoms with Crippen molar-refractivity contribution in [3.05, 3.63) is 182 Å². The molecular formula is C46H30N2S. The third-order valence-electron chi connectivity index (χ3n) is 9.75. The summed E-state index contributed by atoms with van der Waals surface area (Å²) in [4.78, 5) is 2.37. The lowest BCUT2D eigenvalue weighted by Gasteiger charge is -2.27. The Morgan fingerprint density at radius 2 is 1.10 bits per heavy atom. The van der Waals surface area contributed by atoms with Gasteiger partial charge in [-0.05, 0) is 71.6 Å². The molecule has 2 heterocycles. The van der Waals surface area contributed by atoms with Crippen molar-refractivity contribution in [2.45, 2.75) is 0 Å². The molecule has 0 aliphatic heterocycles. The van der Waals surface area contributed by atoms with Crippen LogP contribution in [0.2, 0.25) is 0 Å². The van der Waals surface area contributed by atoms with Gasteiger partial charge in [0.05, 0.1) is 16.7 Å². The molecule has 0 N–H and O–H groups in total. The molecule has 0 amide bonds. The van der Waals surface area contributed by atoms with E-state index in [-0.39, 0.29) is 0 Å². The third kappa shape index (κ3) is 4.40. The molecule has 8 aromatic carbocycles. The monoisotopic (exact) mass is 642 g/mol. The molecule has 49 heavy (non-hydrogen) atoms. The van der Waals surface area contributed by atoms with E-state index in [9.17, 15) is 0 Å². The highest BCUT2D eigenvalue weighted by Gasteiger charge is 2.22. The number of rotatable bonds is 5. The van der Waals surface area contributed by atoms with Crippen molar-refractivity contribution in [3.63, 3.8) is 0 Å². The number of para-hydroxylation sites is 3. The molecule has 10 aromatic rings. The molecule has 3 heteroatoms. The van der Waals surface area contributed by atoms with Crippen LogP contribution in [-0.2, 0) is 0 Å². The lowest BCUT2D eigenvalue weighted by Crippen LogP contribution is -2.10. The zero-order valence-corrected chi connectivity index (χ0v) is 27.4. The van der Waals surface area contributed by atoms with Crippen LogP contribution in [0.1, 0.15) is 0 Å². The minimum atomic E-state index is 1.13. The van der Waals surface area contributed by atoms with E-state index >= 15 is 0 Å². The smallest absolute Gasteiger partial charge is 0.0634 e. The van der Waals surface area contributed by atoms with Gasteiger partial charge in [-0.2, -0.15) is 0 Å².